The van der Waals surface area contributed by atoms with Gasteiger partial charge in [-0.25, -0.2) is 0 Å². The number of rotatable bonds is 7. The van der Waals surface area contributed by atoms with Crippen LogP contribution >= 0.6 is 0 Å². The largest absolute Gasteiger partial charge is 0.416 e. The molecule has 9 nitrogen and oxygen atoms in total. The maximum absolute atomic E-state index is 12.8. The van der Waals surface area contributed by atoms with Crippen molar-refractivity contribution in [3.05, 3.63) is 63.7 Å². The molecule has 0 aromatic heterocycles. The van der Waals surface area contributed by atoms with E-state index in [9.17, 15) is 37.7 Å². The van der Waals surface area contributed by atoms with Crippen molar-refractivity contribution in [3.8, 4) is 0 Å². The van der Waals surface area contributed by atoms with Crippen molar-refractivity contribution in [2.24, 2.45) is 0 Å². The highest BCUT2D eigenvalue weighted by atomic mass is 19.4. The van der Waals surface area contributed by atoms with Crippen molar-refractivity contribution in [1.82, 2.24) is 4.90 Å². The molecule has 0 aliphatic carbocycles. The Hall–Kier alpha value is -3.96. The number of benzene rings is 2. The van der Waals surface area contributed by atoms with Crippen LogP contribution in [0.15, 0.2) is 42.5 Å². The third-order valence-corrected chi connectivity index (χ3v) is 4.71. The van der Waals surface area contributed by atoms with E-state index in [0.717, 1.165) is 29.2 Å². The van der Waals surface area contributed by atoms with Crippen molar-refractivity contribution in [3.63, 3.8) is 0 Å². The number of carbonyl (C=O) groups is 3. The van der Waals surface area contributed by atoms with E-state index < -0.39 is 28.3 Å². The lowest BCUT2D eigenvalue weighted by molar-refractivity contribution is -0.384. The number of carbonyl (C=O) groups excluding carboxylic acids is 3. The second-order valence-corrected chi connectivity index (χ2v) is 6.89. The number of imide groups is 1. The standard InChI is InChI=1S/C20H17F3N4O5/c21-20(22,23)13-2-1-3-14(11-13)25-19(30)12-4-5-15(16(10-12)27(31)32)24-8-9-26-17(28)6-7-18(26)29/h1-5,10-11,24H,6-9H2,(H,25,30). The first-order valence-electron chi connectivity index (χ1n) is 9.40. The van der Waals surface area contributed by atoms with Gasteiger partial charge in [-0.2, -0.15) is 13.2 Å². The maximum atomic E-state index is 12.8. The van der Waals surface area contributed by atoms with E-state index in [1.54, 1.807) is 0 Å². The van der Waals surface area contributed by atoms with Crippen molar-refractivity contribution in [1.29, 1.82) is 0 Å². The zero-order valence-electron chi connectivity index (χ0n) is 16.4. The molecular formula is C20H17F3N4O5. The lowest BCUT2D eigenvalue weighted by atomic mass is 10.1. The summed E-state index contributed by atoms with van der Waals surface area (Å²) < 4.78 is 38.5. The Morgan fingerprint density at radius 3 is 2.41 bits per heavy atom. The van der Waals surface area contributed by atoms with Crippen LogP contribution in [-0.2, 0) is 15.8 Å². The van der Waals surface area contributed by atoms with Crippen LogP contribution in [0.4, 0.5) is 30.2 Å². The monoisotopic (exact) mass is 450 g/mol. The molecule has 0 atom stereocenters. The summed E-state index contributed by atoms with van der Waals surface area (Å²) in [6.45, 7) is 0.0979. The molecule has 0 saturated carbocycles. The van der Waals surface area contributed by atoms with E-state index in [2.05, 4.69) is 10.6 Å². The Morgan fingerprint density at radius 1 is 1.09 bits per heavy atom. The van der Waals surface area contributed by atoms with Crippen molar-refractivity contribution >= 4 is 34.8 Å². The van der Waals surface area contributed by atoms with E-state index in [1.807, 2.05) is 0 Å². The molecule has 1 aliphatic heterocycles. The number of nitrogens with zero attached hydrogens (tertiary/aromatic N) is 2. The second-order valence-electron chi connectivity index (χ2n) is 6.89. The minimum Gasteiger partial charge on any atom is -0.378 e. The number of alkyl halides is 3. The Bertz CT molecular complexity index is 1070. The van der Waals surface area contributed by atoms with Crippen LogP contribution in [0.3, 0.4) is 0 Å². The molecule has 2 N–H and O–H groups in total. The van der Waals surface area contributed by atoms with Gasteiger partial charge in [0.1, 0.15) is 5.69 Å². The van der Waals surface area contributed by atoms with Gasteiger partial charge in [-0.3, -0.25) is 29.4 Å². The molecule has 0 unspecified atom stereocenters. The SMILES string of the molecule is O=C(Nc1cccc(C(F)(F)F)c1)c1ccc(NCCN2C(=O)CCC2=O)c([N+](=O)[O-])c1. The number of halogens is 3. The Morgan fingerprint density at radius 2 is 1.78 bits per heavy atom. The summed E-state index contributed by atoms with van der Waals surface area (Å²) in [5.74, 6) is -1.45. The van der Waals surface area contributed by atoms with Gasteiger partial charge in [0.25, 0.3) is 11.6 Å². The summed E-state index contributed by atoms with van der Waals surface area (Å²) in [4.78, 5) is 47.4. The van der Waals surface area contributed by atoms with E-state index in [1.165, 1.54) is 18.2 Å². The summed E-state index contributed by atoms with van der Waals surface area (Å²) >= 11 is 0. The zero-order valence-corrected chi connectivity index (χ0v) is 16.4. The number of likely N-dealkylation sites (tertiary alicyclic amines) is 1. The smallest absolute Gasteiger partial charge is 0.378 e. The fraction of sp³-hybridized carbons (Fsp3) is 0.250. The van der Waals surface area contributed by atoms with Crippen LogP contribution in [0.5, 0.6) is 0 Å². The lowest BCUT2D eigenvalue weighted by Gasteiger charge is -2.15. The first-order chi connectivity index (χ1) is 15.1. The van der Waals surface area contributed by atoms with E-state index in [0.29, 0.717) is 0 Å². The van der Waals surface area contributed by atoms with Crippen LogP contribution in [0.2, 0.25) is 0 Å². The molecule has 0 radical (unpaired) electrons. The molecule has 3 rings (SSSR count). The van der Waals surface area contributed by atoms with Gasteiger partial charge in [0.15, 0.2) is 0 Å². The van der Waals surface area contributed by atoms with Gasteiger partial charge in [-0.15, -0.1) is 0 Å². The number of nitro groups is 1. The first-order valence-corrected chi connectivity index (χ1v) is 9.40. The normalized spacial score (nSPS) is 13.9. The Kier molecular flexibility index (Phi) is 6.42. The first kappa shape index (κ1) is 22.7. The summed E-state index contributed by atoms with van der Waals surface area (Å²) in [5.41, 5.74) is -1.58. The average Bonchev–Trinajstić information content (AvgIpc) is 3.05. The summed E-state index contributed by atoms with van der Waals surface area (Å²) in [5, 5.41) is 16.5. The zero-order chi connectivity index (χ0) is 23.5. The predicted molar refractivity (Wildman–Crippen MR) is 107 cm³/mol. The average molecular weight is 450 g/mol. The van der Waals surface area contributed by atoms with Gasteiger partial charge in [0.05, 0.1) is 10.5 Å². The fourth-order valence-electron chi connectivity index (χ4n) is 3.12. The number of hydrogen-bond donors (Lipinski definition) is 2. The highest BCUT2D eigenvalue weighted by molar-refractivity contribution is 6.05. The minimum absolute atomic E-state index is 0.0343. The maximum Gasteiger partial charge on any atom is 0.416 e. The number of nitrogens with one attached hydrogen (secondary N) is 2. The molecule has 1 heterocycles. The summed E-state index contributed by atoms with van der Waals surface area (Å²) in [6, 6.07) is 7.52. The number of nitro benzene ring substituents is 1. The summed E-state index contributed by atoms with van der Waals surface area (Å²) in [7, 11) is 0. The van der Waals surface area contributed by atoms with Gasteiger partial charge >= 0.3 is 6.18 Å². The second kappa shape index (κ2) is 9.04. The fourth-order valence-corrected chi connectivity index (χ4v) is 3.12. The third kappa shape index (κ3) is 5.20. The lowest BCUT2D eigenvalue weighted by Crippen LogP contribution is -2.33. The van der Waals surface area contributed by atoms with Gasteiger partial charge in [0.2, 0.25) is 11.8 Å². The molecule has 32 heavy (non-hydrogen) atoms. The molecule has 2 aromatic rings. The Labute approximate surface area is 179 Å². The van der Waals surface area contributed by atoms with Crippen LogP contribution in [-0.4, -0.2) is 40.6 Å². The molecule has 1 saturated heterocycles. The molecule has 1 aliphatic rings. The topological polar surface area (TPSA) is 122 Å². The van der Waals surface area contributed by atoms with Crippen LogP contribution in [0.25, 0.3) is 0 Å². The molecule has 0 spiro atoms. The molecule has 0 bridgehead atoms. The van der Waals surface area contributed by atoms with Crippen LogP contribution in [0, 0.1) is 10.1 Å². The minimum atomic E-state index is -4.59. The van der Waals surface area contributed by atoms with Crippen molar-refractivity contribution in [2.75, 3.05) is 23.7 Å². The summed E-state index contributed by atoms with van der Waals surface area (Å²) in [6.07, 6.45) is -4.32. The van der Waals surface area contributed by atoms with Gasteiger partial charge in [0, 0.05) is 43.2 Å². The van der Waals surface area contributed by atoms with Crippen molar-refractivity contribution < 1.29 is 32.5 Å². The quantitative estimate of drug-likeness (QED) is 0.379. The predicted octanol–water partition coefficient (Wildman–Crippen LogP) is 3.43. The number of anilines is 2. The third-order valence-electron chi connectivity index (χ3n) is 4.71. The van der Waals surface area contributed by atoms with E-state index in [4.69, 9.17) is 0 Å². The Balaban J connectivity index is 1.71. The van der Waals surface area contributed by atoms with E-state index in [-0.39, 0.29) is 54.7 Å². The number of amides is 3. The van der Waals surface area contributed by atoms with Crippen molar-refractivity contribution in [2.45, 2.75) is 19.0 Å². The molecule has 168 valence electrons. The van der Waals surface area contributed by atoms with Crippen LogP contribution in [0.1, 0.15) is 28.8 Å². The van der Waals surface area contributed by atoms with Gasteiger partial charge < -0.3 is 10.6 Å². The molecule has 12 heteroatoms. The molecular weight excluding hydrogens is 433 g/mol. The van der Waals surface area contributed by atoms with Crippen LogP contribution < -0.4 is 10.6 Å². The highest BCUT2D eigenvalue weighted by Gasteiger charge is 2.31. The molecule has 3 amide bonds. The van der Waals surface area contributed by atoms with E-state index >= 15 is 0 Å². The molecule has 1 fully saturated rings. The van der Waals surface area contributed by atoms with Gasteiger partial charge in [-0.05, 0) is 30.3 Å². The number of hydrogen-bond acceptors (Lipinski definition) is 6. The molecule has 2 aromatic carbocycles. The van der Waals surface area contributed by atoms with Gasteiger partial charge in [-0.1, -0.05) is 6.07 Å². The highest BCUT2D eigenvalue weighted by Crippen LogP contribution is 2.31.